The second-order valence-corrected chi connectivity index (χ2v) is 7.94. The molecule has 8 heteroatoms. The van der Waals surface area contributed by atoms with Gasteiger partial charge in [0.2, 0.25) is 6.79 Å². The van der Waals surface area contributed by atoms with E-state index in [0.717, 1.165) is 15.7 Å². The van der Waals surface area contributed by atoms with Crippen molar-refractivity contribution in [2.24, 2.45) is 0 Å². The Kier molecular flexibility index (Phi) is 5.34. The quantitative estimate of drug-likeness (QED) is 0.394. The second kappa shape index (κ2) is 8.07. The molecule has 0 unspecified atom stereocenters. The molecule has 1 aliphatic heterocycles. The summed E-state index contributed by atoms with van der Waals surface area (Å²) in [6.45, 7) is 1.59. The Morgan fingerprint density at radius 2 is 2.10 bits per heavy atom. The molecule has 1 aromatic heterocycles. The predicted molar refractivity (Wildman–Crippen MR) is 115 cm³/mol. The first-order valence-electron chi connectivity index (χ1n) is 8.58. The van der Waals surface area contributed by atoms with Crippen LogP contribution in [0.1, 0.15) is 22.3 Å². The number of rotatable bonds is 5. The number of aromatic nitrogens is 1. The zero-order valence-corrected chi connectivity index (χ0v) is 17.6. The Morgan fingerprint density at radius 1 is 1.31 bits per heavy atom. The molecule has 4 rings (SSSR count). The van der Waals surface area contributed by atoms with Crippen molar-refractivity contribution in [2.75, 3.05) is 12.1 Å². The monoisotopic (exact) mass is 467 g/mol. The molecule has 0 aliphatic carbocycles. The van der Waals surface area contributed by atoms with Crippen LogP contribution in [-0.2, 0) is 0 Å². The molecule has 1 N–H and O–H groups in total. The van der Waals surface area contributed by atoms with Gasteiger partial charge in [0.25, 0.3) is 0 Å². The molecular formula is C21H14BrN3O3S. The van der Waals surface area contributed by atoms with Gasteiger partial charge in [-0.15, -0.1) is 11.3 Å². The minimum absolute atomic E-state index is 0.118. The third-order valence-corrected chi connectivity index (χ3v) is 5.61. The fourth-order valence-corrected chi connectivity index (χ4v) is 4.02. The van der Waals surface area contributed by atoms with Crippen LogP contribution in [0.2, 0.25) is 0 Å². The van der Waals surface area contributed by atoms with E-state index < -0.39 is 0 Å². The van der Waals surface area contributed by atoms with Gasteiger partial charge in [0, 0.05) is 33.2 Å². The number of halogens is 1. The van der Waals surface area contributed by atoms with Crippen LogP contribution >= 0.6 is 27.3 Å². The fraction of sp³-hybridized carbons (Fsp3) is 0.0952. The number of carbonyl (C=O) groups excluding carboxylic acids is 1. The summed E-state index contributed by atoms with van der Waals surface area (Å²) < 4.78 is 11.7. The highest BCUT2D eigenvalue weighted by molar-refractivity contribution is 9.10. The molecule has 0 bridgehead atoms. The average Bonchev–Trinajstić information content (AvgIpc) is 3.37. The molecular weight excluding hydrogens is 454 g/mol. The van der Waals surface area contributed by atoms with Gasteiger partial charge in [0.05, 0.1) is 11.4 Å². The van der Waals surface area contributed by atoms with E-state index in [1.807, 2.05) is 29.6 Å². The number of hydrogen-bond acceptors (Lipinski definition) is 7. The molecule has 0 radical (unpaired) electrons. The van der Waals surface area contributed by atoms with E-state index in [-0.39, 0.29) is 12.6 Å². The van der Waals surface area contributed by atoms with Crippen LogP contribution in [0.5, 0.6) is 11.5 Å². The minimum Gasteiger partial charge on any atom is -0.454 e. The maximum Gasteiger partial charge on any atom is 0.231 e. The second-order valence-electron chi connectivity index (χ2n) is 6.17. The molecule has 3 aromatic rings. The molecule has 29 heavy (non-hydrogen) atoms. The summed E-state index contributed by atoms with van der Waals surface area (Å²) in [5.74, 6) is 0.961. The van der Waals surface area contributed by atoms with E-state index in [0.29, 0.717) is 33.3 Å². The number of ether oxygens (including phenoxy) is 2. The molecule has 2 heterocycles. The summed E-state index contributed by atoms with van der Waals surface area (Å²) in [6.07, 6.45) is 1.55. The summed E-state index contributed by atoms with van der Waals surface area (Å²) in [6, 6.07) is 13.3. The van der Waals surface area contributed by atoms with Crippen LogP contribution in [0.4, 0.5) is 5.69 Å². The van der Waals surface area contributed by atoms with Crippen LogP contribution in [0.25, 0.3) is 16.8 Å². The Balaban J connectivity index is 1.63. The Morgan fingerprint density at radius 3 is 2.83 bits per heavy atom. The van der Waals surface area contributed by atoms with E-state index in [4.69, 9.17) is 9.47 Å². The van der Waals surface area contributed by atoms with Gasteiger partial charge in [-0.25, -0.2) is 4.98 Å². The number of hydrogen-bond donors (Lipinski definition) is 1. The van der Waals surface area contributed by atoms with Crippen LogP contribution in [0, 0.1) is 11.3 Å². The number of nitrogens with zero attached hydrogens (tertiary/aromatic N) is 2. The number of nitriles is 1. The lowest BCUT2D eigenvalue weighted by molar-refractivity contribution is 0.101. The molecule has 0 spiro atoms. The number of ketones is 1. The Bertz CT molecular complexity index is 1180. The highest BCUT2D eigenvalue weighted by atomic mass is 79.9. The van der Waals surface area contributed by atoms with E-state index in [2.05, 4.69) is 32.3 Å². The smallest absolute Gasteiger partial charge is 0.231 e. The van der Waals surface area contributed by atoms with Gasteiger partial charge in [-0.05, 0) is 25.1 Å². The Labute approximate surface area is 179 Å². The molecule has 0 fully saturated rings. The number of anilines is 1. The molecule has 0 amide bonds. The van der Waals surface area contributed by atoms with Crippen LogP contribution in [0.3, 0.4) is 0 Å². The van der Waals surface area contributed by atoms with E-state index in [1.54, 1.807) is 18.3 Å². The maximum atomic E-state index is 12.0. The third-order valence-electron chi connectivity index (χ3n) is 4.24. The van der Waals surface area contributed by atoms with Crippen molar-refractivity contribution in [2.45, 2.75) is 6.92 Å². The Hall–Kier alpha value is -3.15. The van der Waals surface area contributed by atoms with Crippen molar-refractivity contribution in [3.05, 3.63) is 63.0 Å². The number of allylic oxidation sites excluding steroid dienone is 1. The molecule has 0 saturated carbocycles. The van der Waals surface area contributed by atoms with Gasteiger partial charge >= 0.3 is 0 Å². The zero-order valence-electron chi connectivity index (χ0n) is 15.2. The molecule has 2 aromatic carbocycles. The highest BCUT2D eigenvalue weighted by Crippen LogP contribution is 2.37. The topological polar surface area (TPSA) is 84.2 Å². The molecule has 0 saturated heterocycles. The van der Waals surface area contributed by atoms with Crippen molar-refractivity contribution in [3.8, 4) is 28.8 Å². The molecule has 0 atom stereocenters. The molecule has 144 valence electrons. The summed E-state index contributed by atoms with van der Waals surface area (Å²) in [5.41, 5.74) is 3.11. The SMILES string of the molecule is CC(=O)c1cc2c(cc1N/C=C(\C#N)c1nc(-c3cccc(Br)c3)cs1)OCO2. The van der Waals surface area contributed by atoms with Gasteiger partial charge in [-0.3, -0.25) is 4.79 Å². The largest absolute Gasteiger partial charge is 0.454 e. The number of carbonyl (C=O) groups is 1. The van der Waals surface area contributed by atoms with Crippen LogP contribution < -0.4 is 14.8 Å². The fourth-order valence-electron chi connectivity index (χ4n) is 2.82. The minimum atomic E-state index is -0.121. The van der Waals surface area contributed by atoms with Crippen molar-refractivity contribution in [3.63, 3.8) is 0 Å². The third kappa shape index (κ3) is 4.01. The van der Waals surface area contributed by atoms with Crippen molar-refractivity contribution >= 4 is 44.3 Å². The lowest BCUT2D eigenvalue weighted by atomic mass is 10.1. The van der Waals surface area contributed by atoms with Crippen molar-refractivity contribution < 1.29 is 14.3 Å². The summed E-state index contributed by atoms with van der Waals surface area (Å²) in [7, 11) is 0. The first-order chi connectivity index (χ1) is 14.0. The number of fused-ring (bicyclic) bond motifs is 1. The highest BCUT2D eigenvalue weighted by Gasteiger charge is 2.19. The zero-order chi connectivity index (χ0) is 20.4. The van der Waals surface area contributed by atoms with Crippen molar-refractivity contribution in [1.82, 2.24) is 4.98 Å². The van der Waals surface area contributed by atoms with Crippen LogP contribution in [0.15, 0.2) is 52.5 Å². The van der Waals surface area contributed by atoms with Gasteiger partial charge in [0.1, 0.15) is 16.6 Å². The first kappa shape index (κ1) is 19.2. The predicted octanol–water partition coefficient (Wildman–Crippen LogP) is 5.48. The number of nitrogens with one attached hydrogen (secondary N) is 1. The van der Waals surface area contributed by atoms with E-state index >= 15 is 0 Å². The number of thiazole rings is 1. The normalized spacial score (nSPS) is 12.5. The van der Waals surface area contributed by atoms with E-state index in [9.17, 15) is 10.1 Å². The number of benzene rings is 2. The van der Waals surface area contributed by atoms with E-state index in [1.165, 1.54) is 18.3 Å². The van der Waals surface area contributed by atoms with Crippen LogP contribution in [-0.4, -0.2) is 17.6 Å². The average molecular weight is 468 g/mol. The molecule has 6 nitrogen and oxygen atoms in total. The van der Waals surface area contributed by atoms with Gasteiger partial charge in [-0.1, -0.05) is 28.1 Å². The summed E-state index contributed by atoms with van der Waals surface area (Å²) in [5, 5.41) is 15.1. The lowest BCUT2D eigenvalue weighted by Crippen LogP contribution is -2.00. The lowest BCUT2D eigenvalue weighted by Gasteiger charge is -2.08. The summed E-state index contributed by atoms with van der Waals surface area (Å²) >= 11 is 4.83. The first-order valence-corrected chi connectivity index (χ1v) is 10.3. The van der Waals surface area contributed by atoms with Gasteiger partial charge < -0.3 is 14.8 Å². The molecule has 1 aliphatic rings. The van der Waals surface area contributed by atoms with Crippen molar-refractivity contribution in [1.29, 1.82) is 5.26 Å². The van der Waals surface area contributed by atoms with Gasteiger partial charge in [-0.2, -0.15) is 5.26 Å². The van der Waals surface area contributed by atoms with Gasteiger partial charge in [0.15, 0.2) is 17.3 Å². The maximum absolute atomic E-state index is 12.0. The number of Topliss-reactive ketones (excluding diaryl/α,β-unsaturated/α-hetero) is 1. The summed E-state index contributed by atoms with van der Waals surface area (Å²) in [4.78, 5) is 16.6. The standard InChI is InChI=1S/C21H14BrN3O3S/c1-12(26)16-6-19-20(28-11-27-19)7-17(16)24-9-14(8-23)21-25-18(10-29-21)13-3-2-4-15(22)5-13/h2-7,9-10,24H,11H2,1H3/b14-9+.